The largest absolute Gasteiger partial charge is 0.507 e. The second-order valence-electron chi connectivity index (χ2n) is 5.37. The van der Waals surface area contributed by atoms with Crippen LogP contribution in [0.1, 0.15) is 31.7 Å². The average Bonchev–Trinajstić information content (AvgIpc) is 2.46. The summed E-state index contributed by atoms with van der Waals surface area (Å²) in [7, 11) is 4.48. The van der Waals surface area contributed by atoms with Crippen LogP contribution in [0.5, 0.6) is 0 Å². The molecule has 0 amide bonds. The van der Waals surface area contributed by atoms with Crippen molar-refractivity contribution < 1.29 is 10.2 Å². The van der Waals surface area contributed by atoms with Crippen LogP contribution in [-0.4, -0.2) is 32.6 Å². The molecule has 1 atom stereocenters. The number of hydrogen-bond acceptors (Lipinski definition) is 5. The summed E-state index contributed by atoms with van der Waals surface area (Å²) in [5, 5.41) is 20.8. The van der Waals surface area contributed by atoms with E-state index in [2.05, 4.69) is 0 Å². The Morgan fingerprint density at radius 3 is 2.33 bits per heavy atom. The van der Waals surface area contributed by atoms with Gasteiger partial charge in [-0.05, 0) is 12.8 Å². The first-order valence-electron chi connectivity index (χ1n) is 6.96. The number of anilines is 1. The summed E-state index contributed by atoms with van der Waals surface area (Å²) in [5.74, 6) is 0.0219. The Labute approximate surface area is 122 Å². The third-order valence-corrected chi connectivity index (χ3v) is 3.99. The number of likely N-dealkylation sites (N-methyl/N-ethyl adjacent to an activating group) is 1. The zero-order valence-corrected chi connectivity index (χ0v) is 12.8. The molecule has 0 bridgehead atoms. The molecular formula is C14H21N3O4. The fourth-order valence-corrected chi connectivity index (χ4v) is 2.70. The number of aliphatic hydroxyl groups is 2. The molecule has 2 rings (SSSR count). The van der Waals surface area contributed by atoms with Crippen molar-refractivity contribution in [3.8, 4) is 0 Å². The molecule has 1 aliphatic rings. The molecule has 2 N–H and O–H groups in total. The standard InChI is InChI=1S/C14H21N3O4/c1-5-6-7-8-10(18)9-11(15(2)12(8)19)16(3)14(21)17(4)13(9)20/h12,18-19H,5-7H2,1-4H3. The second kappa shape index (κ2) is 5.40. The highest BCUT2D eigenvalue weighted by Gasteiger charge is 2.34. The lowest BCUT2D eigenvalue weighted by Crippen LogP contribution is -2.47. The molecule has 2 heterocycles. The Morgan fingerprint density at radius 1 is 1.14 bits per heavy atom. The van der Waals surface area contributed by atoms with Gasteiger partial charge in [0.1, 0.15) is 17.1 Å². The molecule has 1 unspecified atom stereocenters. The predicted molar refractivity (Wildman–Crippen MR) is 80.4 cm³/mol. The third-order valence-electron chi connectivity index (χ3n) is 3.99. The monoisotopic (exact) mass is 295 g/mol. The summed E-state index contributed by atoms with van der Waals surface area (Å²) in [6, 6.07) is 0. The van der Waals surface area contributed by atoms with Crippen LogP contribution in [0.4, 0.5) is 5.82 Å². The number of hydrogen-bond donors (Lipinski definition) is 2. The Kier molecular flexibility index (Phi) is 3.95. The quantitative estimate of drug-likeness (QED) is 0.838. The van der Waals surface area contributed by atoms with Gasteiger partial charge in [-0.1, -0.05) is 13.3 Å². The van der Waals surface area contributed by atoms with E-state index in [4.69, 9.17) is 0 Å². The Balaban J connectivity index is 2.80. The molecule has 0 fully saturated rings. The molecular weight excluding hydrogens is 274 g/mol. The van der Waals surface area contributed by atoms with Crippen LogP contribution in [0, 0.1) is 0 Å². The van der Waals surface area contributed by atoms with Crippen molar-refractivity contribution in [2.45, 2.75) is 32.4 Å². The van der Waals surface area contributed by atoms with E-state index in [1.165, 1.54) is 23.6 Å². The van der Waals surface area contributed by atoms with Crippen molar-refractivity contribution in [1.82, 2.24) is 9.13 Å². The zero-order valence-electron chi connectivity index (χ0n) is 12.8. The van der Waals surface area contributed by atoms with Gasteiger partial charge in [-0.15, -0.1) is 0 Å². The van der Waals surface area contributed by atoms with E-state index in [1.54, 1.807) is 7.05 Å². The first kappa shape index (κ1) is 15.4. The molecule has 0 aromatic carbocycles. The molecule has 7 heteroatoms. The van der Waals surface area contributed by atoms with Gasteiger partial charge in [-0.2, -0.15) is 0 Å². The smallest absolute Gasteiger partial charge is 0.332 e. The summed E-state index contributed by atoms with van der Waals surface area (Å²) >= 11 is 0. The topological polar surface area (TPSA) is 87.7 Å². The number of rotatable bonds is 3. The lowest BCUT2D eigenvalue weighted by molar-refractivity contribution is 0.198. The molecule has 0 saturated carbocycles. The molecule has 1 aromatic heterocycles. The lowest BCUT2D eigenvalue weighted by atomic mass is 9.98. The van der Waals surface area contributed by atoms with Crippen LogP contribution >= 0.6 is 0 Å². The SMILES string of the molecule is CCCCC1=C(O)c2c(n(C)c(=O)n(C)c2=O)N(C)C1O. The second-order valence-corrected chi connectivity index (χ2v) is 5.37. The van der Waals surface area contributed by atoms with Crippen molar-refractivity contribution in [3.63, 3.8) is 0 Å². The molecule has 0 radical (unpaired) electrons. The van der Waals surface area contributed by atoms with Crippen molar-refractivity contribution in [3.05, 3.63) is 32.0 Å². The number of aromatic nitrogens is 2. The zero-order chi connectivity index (χ0) is 15.9. The highest BCUT2D eigenvalue weighted by molar-refractivity contribution is 5.76. The predicted octanol–water partition coefficient (Wildman–Crippen LogP) is 0.311. The van der Waals surface area contributed by atoms with Crippen LogP contribution < -0.4 is 16.1 Å². The maximum absolute atomic E-state index is 12.3. The number of fused-ring (bicyclic) bond motifs is 1. The van der Waals surface area contributed by atoms with Gasteiger partial charge in [0, 0.05) is 26.7 Å². The molecule has 0 aliphatic carbocycles. The molecule has 0 spiro atoms. The van der Waals surface area contributed by atoms with Crippen LogP contribution in [-0.2, 0) is 14.1 Å². The van der Waals surface area contributed by atoms with Gasteiger partial charge in [0.15, 0.2) is 6.23 Å². The van der Waals surface area contributed by atoms with Gasteiger partial charge in [0.05, 0.1) is 0 Å². The number of unbranched alkanes of at least 4 members (excludes halogenated alkanes) is 1. The fraction of sp³-hybridized carbons (Fsp3) is 0.571. The van der Waals surface area contributed by atoms with Crippen molar-refractivity contribution >= 4 is 11.6 Å². The summed E-state index contributed by atoms with van der Waals surface area (Å²) in [6.07, 6.45) is 1.16. The highest BCUT2D eigenvalue weighted by atomic mass is 16.3. The third kappa shape index (κ3) is 2.17. The van der Waals surface area contributed by atoms with E-state index in [1.807, 2.05) is 6.92 Å². The van der Waals surface area contributed by atoms with Crippen LogP contribution in [0.25, 0.3) is 5.76 Å². The number of nitrogens with zero attached hydrogens (tertiary/aromatic N) is 3. The molecule has 1 aromatic rings. The molecule has 21 heavy (non-hydrogen) atoms. The maximum Gasteiger partial charge on any atom is 0.332 e. The normalized spacial score (nSPS) is 18.1. The first-order valence-corrected chi connectivity index (χ1v) is 6.96. The minimum atomic E-state index is -1.04. The van der Waals surface area contributed by atoms with Crippen LogP contribution in [0.2, 0.25) is 0 Å². The van der Waals surface area contributed by atoms with Gasteiger partial charge in [-0.25, -0.2) is 4.79 Å². The molecule has 7 nitrogen and oxygen atoms in total. The average molecular weight is 295 g/mol. The first-order chi connectivity index (χ1) is 9.82. The van der Waals surface area contributed by atoms with E-state index in [9.17, 15) is 19.8 Å². The lowest BCUT2D eigenvalue weighted by Gasteiger charge is -2.35. The fourth-order valence-electron chi connectivity index (χ4n) is 2.70. The van der Waals surface area contributed by atoms with Gasteiger partial charge < -0.3 is 15.1 Å². The summed E-state index contributed by atoms with van der Waals surface area (Å²) in [6.45, 7) is 2.01. The van der Waals surface area contributed by atoms with Crippen LogP contribution in [0.15, 0.2) is 15.2 Å². The van der Waals surface area contributed by atoms with Crippen LogP contribution in [0.3, 0.4) is 0 Å². The van der Waals surface area contributed by atoms with E-state index < -0.39 is 17.5 Å². The Hall–Kier alpha value is -2.02. The van der Waals surface area contributed by atoms with E-state index >= 15 is 0 Å². The maximum atomic E-state index is 12.3. The van der Waals surface area contributed by atoms with E-state index in [-0.39, 0.29) is 17.1 Å². The summed E-state index contributed by atoms with van der Waals surface area (Å²) in [5.41, 5.74) is -0.568. The van der Waals surface area contributed by atoms with Gasteiger partial charge >= 0.3 is 5.69 Å². The summed E-state index contributed by atoms with van der Waals surface area (Å²) < 4.78 is 2.21. The number of aliphatic hydroxyl groups excluding tert-OH is 2. The summed E-state index contributed by atoms with van der Waals surface area (Å²) in [4.78, 5) is 25.8. The molecule has 0 saturated heterocycles. The Bertz CT molecular complexity index is 714. The van der Waals surface area contributed by atoms with Crippen molar-refractivity contribution in [2.75, 3.05) is 11.9 Å². The van der Waals surface area contributed by atoms with Gasteiger partial charge in [0.2, 0.25) is 0 Å². The van der Waals surface area contributed by atoms with Crippen molar-refractivity contribution in [2.24, 2.45) is 14.1 Å². The van der Waals surface area contributed by atoms with Gasteiger partial charge in [0.25, 0.3) is 5.56 Å². The highest BCUT2D eigenvalue weighted by Crippen LogP contribution is 2.34. The van der Waals surface area contributed by atoms with E-state index in [0.717, 1.165) is 17.4 Å². The van der Waals surface area contributed by atoms with E-state index in [0.29, 0.717) is 12.0 Å². The van der Waals surface area contributed by atoms with Gasteiger partial charge in [-0.3, -0.25) is 13.9 Å². The minimum Gasteiger partial charge on any atom is -0.507 e. The molecule has 1 aliphatic heterocycles. The minimum absolute atomic E-state index is 0.0681. The molecule has 116 valence electrons. The Morgan fingerprint density at radius 2 is 1.76 bits per heavy atom. The van der Waals surface area contributed by atoms with Crippen molar-refractivity contribution in [1.29, 1.82) is 0 Å².